The van der Waals surface area contributed by atoms with Gasteiger partial charge in [0.15, 0.2) is 0 Å². The molecular weight excluding hydrogens is 154 g/mol. The van der Waals surface area contributed by atoms with Crippen molar-refractivity contribution in [2.45, 2.75) is 38.0 Å². The van der Waals surface area contributed by atoms with Crippen LogP contribution in [0.5, 0.6) is 0 Å². The Morgan fingerprint density at radius 2 is 2.09 bits per heavy atom. The normalized spacial score (nSPS) is 20.4. The monoisotopic (exact) mass is 167 g/mol. The van der Waals surface area contributed by atoms with Gasteiger partial charge in [0, 0.05) is 17.5 Å². The van der Waals surface area contributed by atoms with Crippen LogP contribution < -0.4 is 0 Å². The van der Waals surface area contributed by atoms with E-state index in [-0.39, 0.29) is 0 Å². The minimum atomic E-state index is 0.795. The number of aromatic nitrogens is 1. The fourth-order valence-electron chi connectivity index (χ4n) is 1.79. The molecule has 0 radical (unpaired) electrons. The van der Waals surface area contributed by atoms with Gasteiger partial charge in [0.1, 0.15) is 0 Å². The summed E-state index contributed by atoms with van der Waals surface area (Å²) in [6.07, 6.45) is 8.91. The topological polar surface area (TPSA) is 12.9 Å². The van der Waals surface area contributed by atoms with E-state index < -0.39 is 0 Å². The van der Waals surface area contributed by atoms with Gasteiger partial charge in [-0.2, -0.15) is 0 Å². The van der Waals surface area contributed by atoms with Crippen LogP contribution in [-0.4, -0.2) is 4.98 Å². The minimum absolute atomic E-state index is 0.795. The molecule has 1 heterocycles. The summed E-state index contributed by atoms with van der Waals surface area (Å²) in [6.45, 7) is 0. The molecule has 0 aromatic carbocycles. The van der Waals surface area contributed by atoms with Crippen LogP contribution in [0.25, 0.3) is 0 Å². The highest BCUT2D eigenvalue weighted by Crippen LogP contribution is 2.33. The number of hydrogen-bond acceptors (Lipinski definition) is 2. The van der Waals surface area contributed by atoms with Gasteiger partial charge in [-0.05, 0) is 12.8 Å². The second kappa shape index (κ2) is 3.35. The average Bonchev–Trinajstić information content (AvgIpc) is 2.58. The van der Waals surface area contributed by atoms with Crippen LogP contribution in [0.2, 0.25) is 0 Å². The molecule has 0 unspecified atom stereocenters. The fourth-order valence-corrected chi connectivity index (χ4v) is 2.60. The predicted octanol–water partition coefficient (Wildman–Crippen LogP) is 3.19. The van der Waals surface area contributed by atoms with E-state index in [1.807, 2.05) is 17.5 Å². The van der Waals surface area contributed by atoms with E-state index in [1.165, 1.54) is 37.1 Å². The summed E-state index contributed by atoms with van der Waals surface area (Å²) >= 11 is 1.82. The standard InChI is InChI=1S/C9H13NS/c1-2-4-8(5-3-1)9-10-6-7-11-9/h6-8H,1-5H2. The molecule has 1 nitrogen and oxygen atoms in total. The summed E-state index contributed by atoms with van der Waals surface area (Å²) < 4.78 is 0. The Bertz CT molecular complexity index is 199. The first-order chi connectivity index (χ1) is 5.47. The summed E-state index contributed by atoms with van der Waals surface area (Å²) in [4.78, 5) is 4.36. The van der Waals surface area contributed by atoms with Crippen LogP contribution in [0, 0.1) is 0 Å². The molecule has 0 bridgehead atoms. The van der Waals surface area contributed by atoms with Gasteiger partial charge >= 0.3 is 0 Å². The van der Waals surface area contributed by atoms with Crippen LogP contribution >= 0.6 is 11.3 Å². The van der Waals surface area contributed by atoms with Crippen LogP contribution in [-0.2, 0) is 0 Å². The van der Waals surface area contributed by atoms with E-state index in [4.69, 9.17) is 0 Å². The zero-order valence-corrected chi connectivity index (χ0v) is 7.44. The molecule has 0 atom stereocenters. The first kappa shape index (κ1) is 7.29. The van der Waals surface area contributed by atoms with Crippen molar-refractivity contribution in [1.82, 2.24) is 4.98 Å². The van der Waals surface area contributed by atoms with Crippen LogP contribution in [0.1, 0.15) is 43.0 Å². The molecule has 1 saturated carbocycles. The average molecular weight is 167 g/mol. The summed E-state index contributed by atoms with van der Waals surface area (Å²) in [5.74, 6) is 0.795. The van der Waals surface area contributed by atoms with Gasteiger partial charge < -0.3 is 0 Å². The molecule has 0 aliphatic heterocycles. The Morgan fingerprint density at radius 1 is 1.27 bits per heavy atom. The quantitative estimate of drug-likeness (QED) is 0.626. The lowest BCUT2D eigenvalue weighted by molar-refractivity contribution is 0.442. The van der Waals surface area contributed by atoms with Gasteiger partial charge in [-0.25, -0.2) is 4.98 Å². The summed E-state index contributed by atoms with van der Waals surface area (Å²) in [5.41, 5.74) is 0. The molecule has 0 saturated heterocycles. The molecule has 1 aliphatic rings. The van der Waals surface area contributed by atoms with E-state index in [1.54, 1.807) is 0 Å². The molecule has 0 spiro atoms. The van der Waals surface area contributed by atoms with Crippen molar-refractivity contribution in [3.05, 3.63) is 16.6 Å². The third kappa shape index (κ3) is 1.62. The van der Waals surface area contributed by atoms with Crippen molar-refractivity contribution in [3.63, 3.8) is 0 Å². The van der Waals surface area contributed by atoms with Gasteiger partial charge in [-0.3, -0.25) is 0 Å². The predicted molar refractivity (Wildman–Crippen MR) is 47.9 cm³/mol. The molecule has 1 aliphatic carbocycles. The Balaban J connectivity index is 2.04. The van der Waals surface area contributed by atoms with Crippen molar-refractivity contribution in [2.75, 3.05) is 0 Å². The maximum Gasteiger partial charge on any atom is 0.0955 e. The van der Waals surface area contributed by atoms with Gasteiger partial charge in [0.05, 0.1) is 5.01 Å². The Hall–Kier alpha value is -0.370. The van der Waals surface area contributed by atoms with Gasteiger partial charge in [0.25, 0.3) is 0 Å². The lowest BCUT2D eigenvalue weighted by atomic mass is 9.90. The van der Waals surface area contributed by atoms with Gasteiger partial charge in [0.2, 0.25) is 0 Å². The number of hydrogen-bond donors (Lipinski definition) is 0. The molecule has 2 heteroatoms. The molecule has 1 fully saturated rings. The molecule has 2 rings (SSSR count). The highest BCUT2D eigenvalue weighted by atomic mass is 32.1. The van der Waals surface area contributed by atoms with Gasteiger partial charge in [-0.15, -0.1) is 11.3 Å². The van der Waals surface area contributed by atoms with Gasteiger partial charge in [-0.1, -0.05) is 19.3 Å². The van der Waals surface area contributed by atoms with Crippen molar-refractivity contribution < 1.29 is 0 Å². The third-order valence-corrected chi connectivity index (χ3v) is 3.34. The van der Waals surface area contributed by atoms with Crippen LogP contribution in [0.3, 0.4) is 0 Å². The minimum Gasteiger partial charge on any atom is -0.249 e. The molecule has 60 valence electrons. The molecule has 1 aromatic rings. The first-order valence-corrected chi connectivity index (χ1v) is 5.24. The second-order valence-electron chi connectivity index (χ2n) is 3.21. The van der Waals surface area contributed by atoms with E-state index >= 15 is 0 Å². The summed E-state index contributed by atoms with van der Waals surface area (Å²) in [5, 5.41) is 3.45. The van der Waals surface area contributed by atoms with Crippen molar-refractivity contribution in [2.24, 2.45) is 0 Å². The summed E-state index contributed by atoms with van der Waals surface area (Å²) in [6, 6.07) is 0. The zero-order valence-electron chi connectivity index (χ0n) is 6.62. The summed E-state index contributed by atoms with van der Waals surface area (Å²) in [7, 11) is 0. The van der Waals surface area contributed by atoms with Crippen molar-refractivity contribution in [3.8, 4) is 0 Å². The zero-order chi connectivity index (χ0) is 7.52. The fraction of sp³-hybridized carbons (Fsp3) is 0.667. The molecule has 11 heavy (non-hydrogen) atoms. The van der Waals surface area contributed by atoms with E-state index in [9.17, 15) is 0 Å². The Morgan fingerprint density at radius 3 is 2.73 bits per heavy atom. The van der Waals surface area contributed by atoms with E-state index in [0.717, 1.165) is 5.92 Å². The van der Waals surface area contributed by atoms with Crippen LogP contribution in [0.15, 0.2) is 11.6 Å². The van der Waals surface area contributed by atoms with Crippen molar-refractivity contribution >= 4 is 11.3 Å². The maximum atomic E-state index is 4.36. The number of rotatable bonds is 1. The molecule has 0 N–H and O–H groups in total. The highest BCUT2D eigenvalue weighted by molar-refractivity contribution is 7.09. The SMILES string of the molecule is c1csc(C2CCCCC2)n1. The first-order valence-electron chi connectivity index (χ1n) is 4.36. The van der Waals surface area contributed by atoms with E-state index in [0.29, 0.717) is 0 Å². The highest BCUT2D eigenvalue weighted by Gasteiger charge is 2.16. The van der Waals surface area contributed by atoms with E-state index in [2.05, 4.69) is 10.4 Å². The lowest BCUT2D eigenvalue weighted by Crippen LogP contribution is -2.03. The number of nitrogens with zero attached hydrogens (tertiary/aromatic N) is 1. The molecule has 0 amide bonds. The maximum absolute atomic E-state index is 4.36. The Labute approximate surface area is 71.5 Å². The second-order valence-corrected chi connectivity index (χ2v) is 4.13. The molecule has 1 aromatic heterocycles. The lowest BCUT2D eigenvalue weighted by Gasteiger charge is -2.18. The van der Waals surface area contributed by atoms with Crippen LogP contribution in [0.4, 0.5) is 0 Å². The Kier molecular flexibility index (Phi) is 2.22. The smallest absolute Gasteiger partial charge is 0.0955 e. The van der Waals surface area contributed by atoms with Crippen molar-refractivity contribution in [1.29, 1.82) is 0 Å². The largest absolute Gasteiger partial charge is 0.249 e. The number of thiazole rings is 1. The third-order valence-electron chi connectivity index (χ3n) is 2.41. The molecular formula is C9H13NS.